The summed E-state index contributed by atoms with van der Waals surface area (Å²) >= 11 is 0. The van der Waals surface area contributed by atoms with Crippen molar-refractivity contribution in [2.75, 3.05) is 19.6 Å². The molecule has 1 N–H and O–H groups in total. The summed E-state index contributed by atoms with van der Waals surface area (Å²) < 4.78 is 15.3. The van der Waals surface area contributed by atoms with Crippen molar-refractivity contribution in [2.24, 2.45) is 7.05 Å². The molecule has 1 aromatic heterocycles. The molecule has 9 nitrogen and oxygen atoms in total. The lowest BCUT2D eigenvalue weighted by molar-refractivity contribution is -0.167. The van der Waals surface area contributed by atoms with Crippen LogP contribution in [0.5, 0.6) is 0 Å². The summed E-state index contributed by atoms with van der Waals surface area (Å²) in [7, 11) is 1.80. The van der Waals surface area contributed by atoms with Crippen LogP contribution < -0.4 is 0 Å². The summed E-state index contributed by atoms with van der Waals surface area (Å²) in [6.07, 6.45) is 2.09. The normalized spacial score (nSPS) is 21.4. The second-order valence-corrected chi connectivity index (χ2v) is 7.89. The molecule has 3 heterocycles. The summed E-state index contributed by atoms with van der Waals surface area (Å²) in [5.74, 6) is -0.820. The monoisotopic (exact) mass is 429 g/mol. The summed E-state index contributed by atoms with van der Waals surface area (Å²) in [6.45, 7) is 0.490. The van der Waals surface area contributed by atoms with Crippen molar-refractivity contribution >= 4 is 17.9 Å². The number of nitrogens with zero attached hydrogens (tertiary/aromatic N) is 5. The zero-order valence-corrected chi connectivity index (χ0v) is 17.1. The summed E-state index contributed by atoms with van der Waals surface area (Å²) in [6, 6.07) is 5.35. The van der Waals surface area contributed by atoms with Gasteiger partial charge < -0.3 is 19.5 Å². The molecule has 31 heavy (non-hydrogen) atoms. The van der Waals surface area contributed by atoms with E-state index < -0.39 is 18.3 Å². The van der Waals surface area contributed by atoms with Gasteiger partial charge >= 0.3 is 6.09 Å². The second kappa shape index (κ2) is 8.37. The molecule has 2 aromatic rings. The molecule has 0 unspecified atom stereocenters. The fraction of sp³-hybridized carbons (Fsp3) is 0.429. The standard InChI is InChI=1S/C21H24FN5O4/c1-24-13-23-11-16(24)10-17-20(29)25(7-5-14-3-2-4-15(22)9-14)12-18-26(21(30)31)8-6-19(28)27(17)18/h2-4,9,11,13,17-18H,5-8,10,12H2,1H3,(H,30,31)/t17-,18+/m0/s1. The molecule has 3 amide bonds. The predicted octanol–water partition coefficient (Wildman–Crippen LogP) is 1.09. The zero-order chi connectivity index (χ0) is 22.1. The Morgan fingerprint density at radius 3 is 2.81 bits per heavy atom. The van der Waals surface area contributed by atoms with Gasteiger partial charge in [0.15, 0.2) is 0 Å². The van der Waals surface area contributed by atoms with Crippen molar-refractivity contribution in [1.82, 2.24) is 24.3 Å². The van der Waals surface area contributed by atoms with Crippen LogP contribution in [0.1, 0.15) is 17.7 Å². The van der Waals surface area contributed by atoms with Crippen LogP contribution in [0, 0.1) is 5.82 Å². The average Bonchev–Trinajstić information content (AvgIpc) is 3.13. The maximum atomic E-state index is 13.5. The van der Waals surface area contributed by atoms with Crippen LogP contribution in [0.25, 0.3) is 0 Å². The molecule has 10 heteroatoms. The van der Waals surface area contributed by atoms with E-state index in [4.69, 9.17) is 0 Å². The number of carbonyl (C=O) groups is 3. The van der Waals surface area contributed by atoms with Crippen LogP contribution in [0.3, 0.4) is 0 Å². The van der Waals surface area contributed by atoms with Gasteiger partial charge in [-0.15, -0.1) is 0 Å². The number of piperazine rings is 1. The van der Waals surface area contributed by atoms with Crippen molar-refractivity contribution < 1.29 is 23.9 Å². The molecule has 0 bridgehead atoms. The maximum absolute atomic E-state index is 13.5. The van der Waals surface area contributed by atoms with Crippen LogP contribution in [0.4, 0.5) is 9.18 Å². The highest BCUT2D eigenvalue weighted by Crippen LogP contribution is 2.27. The predicted molar refractivity (Wildman–Crippen MR) is 107 cm³/mol. The molecular formula is C21H24FN5O4. The lowest BCUT2D eigenvalue weighted by Crippen LogP contribution is -2.71. The first-order valence-electron chi connectivity index (χ1n) is 10.1. The SMILES string of the molecule is Cn1cncc1C[C@H]1C(=O)N(CCc2cccc(F)c2)C[C@@H]2N(C(=O)O)CCC(=O)N21. The molecular weight excluding hydrogens is 405 g/mol. The van der Waals surface area contributed by atoms with Crippen molar-refractivity contribution in [3.63, 3.8) is 0 Å². The fourth-order valence-electron chi connectivity index (χ4n) is 4.34. The molecule has 2 atom stereocenters. The summed E-state index contributed by atoms with van der Waals surface area (Å²) in [5, 5.41) is 9.67. The molecule has 0 aliphatic carbocycles. The Labute approximate surface area is 178 Å². The first kappa shape index (κ1) is 20.8. The van der Waals surface area contributed by atoms with Gasteiger partial charge in [-0.25, -0.2) is 14.2 Å². The molecule has 4 rings (SSSR count). The Bertz CT molecular complexity index is 1010. The molecule has 164 valence electrons. The van der Waals surface area contributed by atoms with Gasteiger partial charge in [0.2, 0.25) is 11.8 Å². The van der Waals surface area contributed by atoms with E-state index >= 15 is 0 Å². The average molecular weight is 429 g/mol. The Morgan fingerprint density at radius 2 is 2.13 bits per heavy atom. The number of amides is 3. The number of carboxylic acid groups (broad SMARTS) is 1. The van der Waals surface area contributed by atoms with E-state index in [2.05, 4.69) is 4.98 Å². The number of rotatable bonds is 5. The lowest BCUT2D eigenvalue weighted by atomic mass is 9.99. The smallest absolute Gasteiger partial charge is 0.409 e. The third-order valence-electron chi connectivity index (χ3n) is 5.98. The number of hydrogen-bond acceptors (Lipinski definition) is 4. The minimum Gasteiger partial charge on any atom is -0.465 e. The van der Waals surface area contributed by atoms with E-state index in [1.165, 1.54) is 21.9 Å². The van der Waals surface area contributed by atoms with Crippen LogP contribution in [0.2, 0.25) is 0 Å². The van der Waals surface area contributed by atoms with E-state index in [1.807, 2.05) is 0 Å². The second-order valence-electron chi connectivity index (χ2n) is 7.89. The fourth-order valence-corrected chi connectivity index (χ4v) is 4.34. The maximum Gasteiger partial charge on any atom is 0.409 e. The van der Waals surface area contributed by atoms with Gasteiger partial charge in [0.1, 0.15) is 18.0 Å². The number of aryl methyl sites for hydroxylation is 1. The first-order chi connectivity index (χ1) is 14.8. The van der Waals surface area contributed by atoms with E-state index in [1.54, 1.807) is 41.2 Å². The van der Waals surface area contributed by atoms with E-state index in [-0.39, 0.29) is 43.6 Å². The van der Waals surface area contributed by atoms with Gasteiger partial charge in [0, 0.05) is 44.9 Å². The van der Waals surface area contributed by atoms with Gasteiger partial charge in [-0.1, -0.05) is 12.1 Å². The van der Waals surface area contributed by atoms with Gasteiger partial charge in [-0.2, -0.15) is 0 Å². The highest BCUT2D eigenvalue weighted by molar-refractivity contribution is 5.90. The zero-order valence-electron chi connectivity index (χ0n) is 17.1. The van der Waals surface area contributed by atoms with E-state index in [9.17, 15) is 23.9 Å². The highest BCUT2D eigenvalue weighted by atomic mass is 19.1. The molecule has 2 saturated heterocycles. The van der Waals surface area contributed by atoms with Crippen molar-refractivity contribution in [1.29, 1.82) is 0 Å². The van der Waals surface area contributed by atoms with Crippen LogP contribution in [0.15, 0.2) is 36.8 Å². The molecule has 0 spiro atoms. The minimum absolute atomic E-state index is 0.0429. The number of halogens is 1. The Morgan fingerprint density at radius 1 is 1.32 bits per heavy atom. The molecule has 0 saturated carbocycles. The van der Waals surface area contributed by atoms with Gasteiger partial charge in [0.25, 0.3) is 0 Å². The number of imidazole rings is 1. The first-order valence-corrected chi connectivity index (χ1v) is 10.1. The third-order valence-corrected chi connectivity index (χ3v) is 5.98. The number of benzene rings is 1. The molecule has 1 aromatic carbocycles. The van der Waals surface area contributed by atoms with Crippen molar-refractivity contribution in [3.05, 3.63) is 53.9 Å². The van der Waals surface area contributed by atoms with Crippen LogP contribution >= 0.6 is 0 Å². The minimum atomic E-state index is -1.12. The van der Waals surface area contributed by atoms with Gasteiger partial charge in [-0.3, -0.25) is 14.5 Å². The van der Waals surface area contributed by atoms with Gasteiger partial charge in [0.05, 0.1) is 12.9 Å². The number of carbonyl (C=O) groups excluding carboxylic acids is 2. The number of fused-ring (bicyclic) bond motifs is 1. The van der Waals surface area contributed by atoms with Gasteiger partial charge in [-0.05, 0) is 24.1 Å². The summed E-state index contributed by atoms with van der Waals surface area (Å²) in [5.41, 5.74) is 1.51. The molecule has 2 fully saturated rings. The molecule has 2 aliphatic rings. The topological polar surface area (TPSA) is 99.0 Å². The largest absolute Gasteiger partial charge is 0.465 e. The summed E-state index contributed by atoms with van der Waals surface area (Å²) in [4.78, 5) is 46.3. The Balaban J connectivity index is 1.62. The van der Waals surface area contributed by atoms with E-state index in [0.717, 1.165) is 11.3 Å². The third kappa shape index (κ3) is 4.10. The Hall–Kier alpha value is -3.43. The number of hydrogen-bond donors (Lipinski definition) is 1. The van der Waals surface area contributed by atoms with E-state index in [0.29, 0.717) is 13.0 Å². The van der Waals surface area contributed by atoms with Crippen LogP contribution in [-0.2, 0) is 29.5 Å². The number of aromatic nitrogens is 2. The van der Waals surface area contributed by atoms with Crippen molar-refractivity contribution in [2.45, 2.75) is 31.5 Å². The van der Waals surface area contributed by atoms with Crippen LogP contribution in [-0.4, -0.2) is 79.1 Å². The Kier molecular flexibility index (Phi) is 5.62. The highest BCUT2D eigenvalue weighted by Gasteiger charge is 2.48. The van der Waals surface area contributed by atoms with Crippen molar-refractivity contribution in [3.8, 4) is 0 Å². The lowest BCUT2D eigenvalue weighted by Gasteiger charge is -2.51. The molecule has 0 radical (unpaired) electrons. The quantitative estimate of drug-likeness (QED) is 0.767. The molecule has 2 aliphatic heterocycles.